The van der Waals surface area contributed by atoms with Gasteiger partial charge in [-0.25, -0.2) is 24.9 Å². The van der Waals surface area contributed by atoms with Gasteiger partial charge in [0, 0.05) is 90.7 Å². The molecule has 2 aliphatic heterocycles. The van der Waals surface area contributed by atoms with E-state index in [0.29, 0.717) is 30.7 Å². The number of fused-ring (bicyclic) bond motifs is 2. The topological polar surface area (TPSA) is 246 Å². The minimum Gasteiger partial charge on any atom is -0.497 e. The zero-order valence-corrected chi connectivity index (χ0v) is 68.9. The molecule has 2 fully saturated rings. The molecule has 115 heavy (non-hydrogen) atoms. The molecule has 2 saturated heterocycles. The van der Waals surface area contributed by atoms with E-state index in [2.05, 4.69) is 83.6 Å². The first-order valence-corrected chi connectivity index (χ1v) is 42.3. The van der Waals surface area contributed by atoms with Crippen molar-refractivity contribution in [3.05, 3.63) is 288 Å². The Balaban J connectivity index is 0.000000162. The van der Waals surface area contributed by atoms with Gasteiger partial charge in [-0.1, -0.05) is 121 Å². The van der Waals surface area contributed by atoms with Crippen molar-refractivity contribution in [1.29, 1.82) is 5.26 Å². The summed E-state index contributed by atoms with van der Waals surface area (Å²) >= 11 is 6.94. The highest BCUT2D eigenvalue weighted by Crippen LogP contribution is 2.48. The average molecular weight is 1640 g/mol. The number of ether oxygens (including phenoxy) is 8. The van der Waals surface area contributed by atoms with E-state index in [4.69, 9.17) is 63.1 Å². The quantitative estimate of drug-likeness (QED) is 0.0202. The molecule has 21 nitrogen and oxygen atoms in total. The van der Waals surface area contributed by atoms with Crippen LogP contribution in [0.15, 0.2) is 254 Å². The number of aliphatic hydroxyl groups is 2. The molecule has 6 aromatic carbocycles. The number of aromatic nitrogens is 6. The summed E-state index contributed by atoms with van der Waals surface area (Å²) in [6.45, 7) is 8.53. The van der Waals surface area contributed by atoms with Gasteiger partial charge < -0.3 is 57.9 Å². The number of thiophene rings is 4. The highest BCUT2D eigenvalue weighted by atomic mass is 32.1. The van der Waals surface area contributed by atoms with Crippen molar-refractivity contribution in [2.24, 2.45) is 0 Å². The lowest BCUT2D eigenvalue weighted by Crippen LogP contribution is -2.48. The molecule has 0 radical (unpaired) electrons. The number of hydrogen-bond donors (Lipinski definition) is 4. The van der Waals surface area contributed by atoms with Crippen LogP contribution in [0.1, 0.15) is 92.8 Å². The summed E-state index contributed by atoms with van der Waals surface area (Å²) in [5, 5.41) is 37.4. The second-order valence-electron chi connectivity index (χ2n) is 28.0. The van der Waals surface area contributed by atoms with E-state index < -0.39 is 56.6 Å². The van der Waals surface area contributed by atoms with Crippen LogP contribution in [0.2, 0.25) is 0 Å². The number of nitriles is 1. The summed E-state index contributed by atoms with van der Waals surface area (Å²) in [5.41, 5.74) is 8.52. The van der Waals surface area contributed by atoms with E-state index in [1.165, 1.54) is 24.3 Å². The maximum Gasteiger partial charge on any atom is 0.268 e. The Morgan fingerprint density at radius 1 is 0.470 bits per heavy atom. The van der Waals surface area contributed by atoms with Gasteiger partial charge in [-0.15, -0.1) is 45.3 Å². The van der Waals surface area contributed by atoms with Gasteiger partial charge in [0.1, 0.15) is 69.9 Å². The Kier molecular flexibility index (Phi) is 26.5. The minimum absolute atomic E-state index is 0.122. The largest absolute Gasteiger partial charge is 0.497 e. The Hall–Kier alpha value is -9.92. The molecule has 0 amide bonds. The van der Waals surface area contributed by atoms with Crippen molar-refractivity contribution in [3.8, 4) is 69.5 Å². The molecular weight excluding hydrogens is 1550 g/mol. The number of methoxy groups -OCH3 is 4. The number of nitrogens with zero attached hydrogens (tertiary/aromatic N) is 9. The van der Waals surface area contributed by atoms with E-state index in [1.54, 1.807) is 86.4 Å². The molecule has 0 bridgehead atoms. The third-order valence-electron chi connectivity index (χ3n) is 20.5. The lowest BCUT2D eigenvalue weighted by atomic mass is 9.80. The van der Waals surface area contributed by atoms with Crippen molar-refractivity contribution in [3.63, 3.8) is 0 Å². The summed E-state index contributed by atoms with van der Waals surface area (Å²) in [5.74, 6) is 2.98. The van der Waals surface area contributed by atoms with Crippen LogP contribution in [-0.2, 0) is 30.1 Å². The first kappa shape index (κ1) is 81.6. The van der Waals surface area contributed by atoms with Crippen molar-refractivity contribution in [2.75, 3.05) is 48.2 Å². The molecule has 8 aromatic heterocycles. The van der Waals surface area contributed by atoms with Gasteiger partial charge >= 0.3 is 0 Å². The van der Waals surface area contributed by atoms with E-state index in [-0.39, 0.29) is 31.7 Å². The standard InChI is InChI=1S/2C40H35N3O5S2.C9H20N3O2P/c2*1-45-29-14-10-27(11-15-29)40(26-7-4-3-5-8-26,28-12-16-30(46-2)17-13-28)47-24-33-32(44)23-37(48-33)43-25-42-38-31(20-21-41-39(38)43)34-18-19-36(50-34)35-9-6-22-49-35;1-8(2)12(9(3)4)11(15(13)14)7-5-6-10/h2*3-22,25,32-33,37,44H,23-24H2,1-2H3;8-9,13-14H,5,7H2,1-4H3/t32-,33+,37+;;/m0../s1. The number of benzene rings is 6. The van der Waals surface area contributed by atoms with Gasteiger partial charge in [-0.2, -0.15) is 10.0 Å². The summed E-state index contributed by atoms with van der Waals surface area (Å²) < 4.78 is 54.5. The number of aliphatic hydroxyl groups excluding tert-OH is 2. The predicted molar refractivity (Wildman–Crippen MR) is 454 cm³/mol. The number of pyridine rings is 2. The van der Waals surface area contributed by atoms with E-state index in [1.807, 2.05) is 206 Å². The van der Waals surface area contributed by atoms with Crippen LogP contribution in [0, 0.1) is 11.3 Å². The fourth-order valence-electron chi connectivity index (χ4n) is 15.0. The first-order chi connectivity index (χ1) is 56.0. The highest BCUT2D eigenvalue weighted by Gasteiger charge is 2.45. The summed E-state index contributed by atoms with van der Waals surface area (Å²) in [7, 11) is 4.43. The fourth-order valence-corrected chi connectivity index (χ4v) is 19.6. The Morgan fingerprint density at radius 2 is 0.826 bits per heavy atom. The van der Waals surface area contributed by atoms with Crippen LogP contribution in [-0.4, -0.2) is 144 Å². The van der Waals surface area contributed by atoms with Gasteiger partial charge in [-0.3, -0.25) is 9.13 Å². The molecule has 6 atom stereocenters. The average Bonchev–Trinajstić information content (AvgIpc) is 1.52. The molecule has 3 unspecified atom stereocenters. The maximum atomic E-state index is 11.4. The molecule has 2 aliphatic rings. The fraction of sp³-hybridized carbons (Fsp3) is 0.270. The monoisotopic (exact) mass is 1640 g/mol. The molecule has 592 valence electrons. The van der Waals surface area contributed by atoms with Gasteiger partial charge in [0.15, 0.2) is 11.3 Å². The van der Waals surface area contributed by atoms with Crippen LogP contribution >= 0.6 is 53.9 Å². The molecule has 14 aromatic rings. The smallest absolute Gasteiger partial charge is 0.268 e. The van der Waals surface area contributed by atoms with Crippen LogP contribution in [0.5, 0.6) is 23.0 Å². The SMILES string of the molecule is CC(C)N(C(C)C)N(CCC#N)P(O)O.COc1ccc(C(OCC2OC(n3cnc4c(-c5ccc(-c6cccs6)s5)ccnc43)CC2O)(c2ccccc2)c2ccc(OC)cc2)cc1.COc1ccc(C(OC[C@H]2O[C@@H](n3cnc4c(-c5ccc(-c6cccs6)s5)ccnc43)C[C@@H]2O)(c2ccccc2)c2ccc(OC)cc2)cc1. The van der Waals surface area contributed by atoms with Crippen LogP contribution in [0.3, 0.4) is 0 Å². The third kappa shape index (κ3) is 17.6. The van der Waals surface area contributed by atoms with Gasteiger partial charge in [0.05, 0.1) is 72.6 Å². The second kappa shape index (κ2) is 37.3. The lowest BCUT2D eigenvalue weighted by molar-refractivity contribution is -0.0931. The molecule has 0 saturated carbocycles. The number of imidazole rings is 2. The molecule has 16 rings (SSSR count). The van der Waals surface area contributed by atoms with Crippen LogP contribution < -0.4 is 18.9 Å². The van der Waals surface area contributed by atoms with Crippen LogP contribution in [0.4, 0.5) is 0 Å². The normalized spacial score (nSPS) is 17.0. The molecule has 0 spiro atoms. The van der Waals surface area contributed by atoms with E-state index >= 15 is 0 Å². The summed E-state index contributed by atoms with van der Waals surface area (Å²) in [4.78, 5) is 44.8. The van der Waals surface area contributed by atoms with Gasteiger partial charge in [0.2, 0.25) is 0 Å². The van der Waals surface area contributed by atoms with Gasteiger partial charge in [0.25, 0.3) is 8.53 Å². The van der Waals surface area contributed by atoms with Crippen molar-refractivity contribution in [2.45, 2.75) is 107 Å². The zero-order chi connectivity index (χ0) is 80.2. The Labute approximate surface area is 686 Å². The Morgan fingerprint density at radius 3 is 1.15 bits per heavy atom. The minimum atomic E-state index is -2.17. The van der Waals surface area contributed by atoms with Crippen molar-refractivity contribution in [1.82, 2.24) is 38.9 Å². The highest BCUT2D eigenvalue weighted by molar-refractivity contribution is 7.42. The lowest BCUT2D eigenvalue weighted by Gasteiger charge is -2.40. The second-order valence-corrected chi connectivity index (χ2v) is 33.0. The maximum absolute atomic E-state index is 11.4. The van der Waals surface area contributed by atoms with Gasteiger partial charge in [-0.05, 0) is 169 Å². The molecule has 0 aliphatic carbocycles. The predicted octanol–water partition coefficient (Wildman–Crippen LogP) is 18.6. The van der Waals surface area contributed by atoms with E-state index in [0.717, 1.165) is 88.3 Å². The van der Waals surface area contributed by atoms with Crippen LogP contribution in [0.25, 0.3) is 62.7 Å². The molecule has 10 heterocycles. The molecular formula is C89H90N9O12PS4. The molecule has 4 N–H and O–H groups in total. The Bertz CT molecular complexity index is 5040. The summed E-state index contributed by atoms with van der Waals surface area (Å²) in [6, 6.07) is 75.2. The van der Waals surface area contributed by atoms with Crippen molar-refractivity contribution >= 4 is 76.2 Å². The number of hydrazine groups is 1. The number of rotatable bonds is 28. The zero-order valence-electron chi connectivity index (χ0n) is 64.8. The van der Waals surface area contributed by atoms with Crippen molar-refractivity contribution < 1.29 is 57.9 Å². The first-order valence-electron chi connectivity index (χ1n) is 37.7. The molecule has 26 heteroatoms. The number of hydrogen-bond acceptors (Lipinski definition) is 23. The van der Waals surface area contributed by atoms with E-state index in [9.17, 15) is 20.0 Å². The summed E-state index contributed by atoms with van der Waals surface area (Å²) in [6.07, 6.45) is 4.48. The third-order valence-corrected chi connectivity index (χ3v) is 25.6.